The maximum atomic E-state index is 15.1. The Morgan fingerprint density at radius 3 is 1.92 bits per heavy atom. The molecule has 0 saturated carbocycles. The average Bonchev–Trinajstić information content (AvgIpc) is 3.18. The largest absolute Gasteiger partial charge is 0.459 e. The zero-order valence-corrected chi connectivity index (χ0v) is 19.6. The minimum atomic E-state index is -5.89. The quantitative estimate of drug-likeness (QED) is 0.322. The molecule has 0 atom stereocenters. The number of alkyl halides is 5. The molecule has 36 heavy (non-hydrogen) atoms. The van der Waals surface area contributed by atoms with Crippen molar-refractivity contribution in [3.8, 4) is 22.4 Å². The third-order valence-electron chi connectivity index (χ3n) is 5.58. The lowest BCUT2D eigenvalue weighted by Crippen LogP contribution is -2.36. The van der Waals surface area contributed by atoms with Gasteiger partial charge >= 0.3 is 12.1 Å². The van der Waals surface area contributed by atoms with E-state index in [-0.39, 0.29) is 28.3 Å². The molecule has 0 radical (unpaired) electrons. The lowest BCUT2D eigenvalue weighted by atomic mass is 9.95. The lowest BCUT2D eigenvalue weighted by molar-refractivity contribution is -0.291. The molecule has 0 bridgehead atoms. The number of hydrogen-bond donors (Lipinski definition) is 1. The Morgan fingerprint density at radius 1 is 0.833 bits per heavy atom. The van der Waals surface area contributed by atoms with Crippen LogP contribution in [0.25, 0.3) is 22.4 Å². The molecule has 11 heteroatoms. The maximum absolute atomic E-state index is 15.1. The van der Waals surface area contributed by atoms with Crippen molar-refractivity contribution in [2.45, 2.75) is 30.5 Å². The van der Waals surface area contributed by atoms with Crippen molar-refractivity contribution in [1.29, 1.82) is 0 Å². The first-order valence-electron chi connectivity index (χ1n) is 10.6. The van der Waals surface area contributed by atoms with Gasteiger partial charge in [-0.1, -0.05) is 72.3 Å². The summed E-state index contributed by atoms with van der Waals surface area (Å²) in [7, 11) is -4.05. The van der Waals surface area contributed by atoms with Gasteiger partial charge in [-0.15, -0.1) is 0 Å². The number of nitrogens with zero attached hydrogens (tertiary/aromatic N) is 2. The van der Waals surface area contributed by atoms with E-state index in [1.807, 2.05) is 0 Å². The SMILES string of the molecule is Cc1ccc(-c2c(-c3ccc(S(N)(=O)=O)cc3)nn(Cc3ccccc3)c2C(F)(F)C(F)(F)F)cc1. The third-order valence-corrected chi connectivity index (χ3v) is 6.51. The van der Waals surface area contributed by atoms with E-state index in [1.165, 1.54) is 24.3 Å². The van der Waals surface area contributed by atoms with Crippen LogP contribution in [0.5, 0.6) is 0 Å². The molecule has 4 aromatic rings. The van der Waals surface area contributed by atoms with Crippen molar-refractivity contribution in [2.24, 2.45) is 5.14 Å². The number of sulfonamides is 1. The summed E-state index contributed by atoms with van der Waals surface area (Å²) in [5, 5.41) is 9.33. The first kappa shape index (κ1) is 25.5. The monoisotopic (exact) mass is 521 g/mol. The van der Waals surface area contributed by atoms with Crippen LogP contribution in [0.1, 0.15) is 16.8 Å². The van der Waals surface area contributed by atoms with Gasteiger partial charge in [-0.3, -0.25) is 4.68 Å². The zero-order valence-electron chi connectivity index (χ0n) is 18.8. The molecule has 1 heterocycles. The molecule has 0 spiro atoms. The second-order valence-corrected chi connectivity index (χ2v) is 9.78. The molecule has 0 unspecified atom stereocenters. The van der Waals surface area contributed by atoms with Crippen LogP contribution in [0.15, 0.2) is 83.8 Å². The number of rotatable bonds is 6. The Labute approximate surface area is 204 Å². The van der Waals surface area contributed by atoms with Gasteiger partial charge in [0.05, 0.1) is 11.4 Å². The van der Waals surface area contributed by atoms with Gasteiger partial charge < -0.3 is 0 Å². The Bertz CT molecular complexity index is 1480. The van der Waals surface area contributed by atoms with E-state index in [2.05, 4.69) is 5.10 Å². The number of benzene rings is 3. The molecule has 3 aromatic carbocycles. The molecular weight excluding hydrogens is 501 g/mol. The lowest BCUT2D eigenvalue weighted by Gasteiger charge is -2.22. The minimum Gasteiger partial charge on any atom is -0.257 e. The van der Waals surface area contributed by atoms with E-state index in [4.69, 9.17) is 5.14 Å². The minimum absolute atomic E-state index is 0.101. The van der Waals surface area contributed by atoms with Gasteiger partial charge in [0.25, 0.3) is 0 Å². The fourth-order valence-corrected chi connectivity index (χ4v) is 4.30. The topological polar surface area (TPSA) is 78.0 Å². The molecule has 0 aliphatic rings. The Balaban J connectivity index is 2.04. The molecule has 5 nitrogen and oxygen atoms in total. The van der Waals surface area contributed by atoms with Crippen LogP contribution in [0, 0.1) is 6.92 Å². The maximum Gasteiger partial charge on any atom is 0.459 e. The number of halogens is 5. The summed E-state index contributed by atoms with van der Waals surface area (Å²) in [6.45, 7) is 1.40. The number of nitrogens with two attached hydrogens (primary N) is 1. The summed E-state index contributed by atoms with van der Waals surface area (Å²) in [4.78, 5) is -0.243. The fraction of sp³-hybridized carbons (Fsp3) is 0.160. The van der Waals surface area contributed by atoms with Gasteiger partial charge in [0, 0.05) is 11.1 Å². The molecule has 0 saturated heterocycles. The van der Waals surface area contributed by atoms with Gasteiger partial charge in [0.15, 0.2) is 0 Å². The summed E-state index contributed by atoms with van der Waals surface area (Å²) in [5.41, 5.74) is -0.391. The Hall–Kier alpha value is -3.57. The highest BCUT2D eigenvalue weighted by Gasteiger charge is 2.62. The highest BCUT2D eigenvalue weighted by Crippen LogP contribution is 2.49. The number of hydrogen-bond acceptors (Lipinski definition) is 3. The molecule has 1 aromatic heterocycles. The first-order valence-corrected chi connectivity index (χ1v) is 12.1. The third kappa shape index (κ3) is 4.89. The molecular formula is C25H20F5N3O2S. The van der Waals surface area contributed by atoms with Crippen molar-refractivity contribution in [1.82, 2.24) is 9.78 Å². The molecule has 0 amide bonds. The van der Waals surface area contributed by atoms with Crippen molar-refractivity contribution in [2.75, 3.05) is 0 Å². The molecule has 188 valence electrons. The van der Waals surface area contributed by atoms with Crippen LogP contribution in [-0.4, -0.2) is 24.4 Å². The number of primary sulfonamides is 1. The van der Waals surface area contributed by atoms with Crippen LogP contribution in [-0.2, 0) is 22.5 Å². The van der Waals surface area contributed by atoms with Crippen LogP contribution in [0.3, 0.4) is 0 Å². The standard InChI is InChI=1S/C25H20F5N3O2S/c1-16-7-9-18(10-8-16)21-22(19-11-13-20(14-12-19)36(31,34)35)32-33(15-17-5-3-2-4-6-17)23(21)24(26,27)25(28,29)30/h2-14H,15H2,1H3,(H2,31,34,35). The zero-order chi connectivity index (χ0) is 26.3. The van der Waals surface area contributed by atoms with Crippen molar-refractivity contribution >= 4 is 10.0 Å². The van der Waals surface area contributed by atoms with E-state index in [1.54, 1.807) is 49.4 Å². The van der Waals surface area contributed by atoms with Crippen LogP contribution >= 0.6 is 0 Å². The smallest absolute Gasteiger partial charge is 0.257 e. The normalized spacial score (nSPS) is 12.6. The molecule has 0 aliphatic carbocycles. The van der Waals surface area contributed by atoms with E-state index >= 15 is 8.78 Å². The predicted octanol–water partition coefficient (Wildman–Crippen LogP) is 5.88. The van der Waals surface area contributed by atoms with Crippen LogP contribution in [0.2, 0.25) is 0 Å². The highest BCUT2D eigenvalue weighted by atomic mass is 32.2. The van der Waals surface area contributed by atoms with E-state index in [0.717, 1.165) is 17.7 Å². The summed E-state index contributed by atoms with van der Waals surface area (Å²) < 4.78 is 95.3. The average molecular weight is 522 g/mol. The summed E-state index contributed by atoms with van der Waals surface area (Å²) in [5.74, 6) is -5.24. The van der Waals surface area contributed by atoms with Gasteiger partial charge in [0.1, 0.15) is 11.4 Å². The summed E-state index contributed by atoms with van der Waals surface area (Å²) in [6.07, 6.45) is -5.89. The van der Waals surface area contributed by atoms with Gasteiger partial charge in [-0.25, -0.2) is 13.6 Å². The molecule has 4 rings (SSSR count). The van der Waals surface area contributed by atoms with Crippen molar-refractivity contribution < 1.29 is 30.4 Å². The van der Waals surface area contributed by atoms with E-state index in [9.17, 15) is 21.6 Å². The predicted molar refractivity (Wildman–Crippen MR) is 125 cm³/mol. The van der Waals surface area contributed by atoms with Crippen molar-refractivity contribution in [3.05, 3.63) is 95.7 Å². The fourth-order valence-electron chi connectivity index (χ4n) is 3.78. The first-order chi connectivity index (χ1) is 16.8. The van der Waals surface area contributed by atoms with E-state index in [0.29, 0.717) is 10.2 Å². The molecule has 0 fully saturated rings. The second kappa shape index (κ2) is 9.14. The van der Waals surface area contributed by atoms with Crippen molar-refractivity contribution in [3.63, 3.8) is 0 Å². The number of aromatic nitrogens is 2. The van der Waals surface area contributed by atoms with Gasteiger partial charge in [-0.2, -0.15) is 27.1 Å². The van der Waals surface area contributed by atoms with Crippen LogP contribution < -0.4 is 5.14 Å². The Kier molecular flexibility index (Phi) is 6.48. The Morgan fingerprint density at radius 2 is 1.39 bits per heavy atom. The van der Waals surface area contributed by atoms with Crippen LogP contribution in [0.4, 0.5) is 22.0 Å². The highest BCUT2D eigenvalue weighted by molar-refractivity contribution is 7.89. The molecule has 0 aliphatic heterocycles. The van der Waals surface area contributed by atoms with Gasteiger partial charge in [-0.05, 0) is 30.2 Å². The second-order valence-electron chi connectivity index (χ2n) is 8.22. The molecule has 2 N–H and O–H groups in total. The summed E-state index contributed by atoms with van der Waals surface area (Å²) in [6, 6.07) is 19.0. The summed E-state index contributed by atoms with van der Waals surface area (Å²) >= 11 is 0. The number of aryl methyl sites for hydroxylation is 1. The van der Waals surface area contributed by atoms with E-state index < -0.39 is 33.4 Å². The van der Waals surface area contributed by atoms with Gasteiger partial charge in [0.2, 0.25) is 10.0 Å².